The molecule has 0 aliphatic carbocycles. The van der Waals surface area contributed by atoms with Crippen LogP contribution in [0.2, 0.25) is 0 Å². The summed E-state index contributed by atoms with van der Waals surface area (Å²) in [7, 11) is 1.10. The van der Waals surface area contributed by atoms with E-state index in [1.807, 2.05) is 0 Å². The molecule has 0 aromatic rings. The van der Waals surface area contributed by atoms with Gasteiger partial charge in [0.05, 0.1) is 20.3 Å². The molecule has 0 aromatic heterocycles. The van der Waals surface area contributed by atoms with E-state index in [0.29, 0.717) is 19.6 Å². The van der Waals surface area contributed by atoms with Gasteiger partial charge < -0.3 is 25.4 Å². The fourth-order valence-electron chi connectivity index (χ4n) is 0.806. The maximum absolute atomic E-state index is 10.5. The molecule has 1 saturated heterocycles. The second-order valence-electron chi connectivity index (χ2n) is 3.01. The summed E-state index contributed by atoms with van der Waals surface area (Å²) >= 11 is 0. The third-order valence-corrected chi connectivity index (χ3v) is 1.59. The van der Waals surface area contributed by atoms with Gasteiger partial charge in [-0.1, -0.05) is 0 Å². The Labute approximate surface area is 114 Å². The highest BCUT2D eigenvalue weighted by molar-refractivity contribution is 5.69. The minimum Gasteiger partial charge on any atom is -0.466 e. The van der Waals surface area contributed by atoms with Gasteiger partial charge in [0.1, 0.15) is 0 Å². The van der Waals surface area contributed by atoms with Crippen molar-refractivity contribution >= 4 is 12.1 Å². The predicted molar refractivity (Wildman–Crippen MR) is 71.9 cm³/mol. The zero-order valence-corrected chi connectivity index (χ0v) is 11.5. The molecule has 0 saturated carbocycles. The smallest absolute Gasteiger partial charge is 0.466 e. The summed E-state index contributed by atoms with van der Waals surface area (Å²) in [4.78, 5) is 19.6. The Bertz CT molecular complexity index is 198. The van der Waals surface area contributed by atoms with Crippen molar-refractivity contribution in [1.82, 2.24) is 0 Å². The molecule has 1 aliphatic heterocycles. The topological polar surface area (TPSA) is 119 Å². The Kier molecular flexibility index (Phi) is 25.7. The van der Waals surface area contributed by atoms with Crippen LogP contribution in [0.15, 0.2) is 13.2 Å². The number of carboxylic acid groups (broad SMARTS) is 1. The first-order valence-corrected chi connectivity index (χ1v) is 5.82. The van der Waals surface area contributed by atoms with Crippen molar-refractivity contribution in [2.75, 3.05) is 26.9 Å². The molecule has 0 spiro atoms. The van der Waals surface area contributed by atoms with E-state index in [0.717, 1.165) is 26.4 Å². The van der Waals surface area contributed by atoms with Crippen LogP contribution in [0.25, 0.3) is 0 Å². The van der Waals surface area contributed by atoms with E-state index >= 15 is 0 Å². The summed E-state index contributed by atoms with van der Waals surface area (Å²) in [6, 6.07) is 0. The van der Waals surface area contributed by atoms with Crippen LogP contribution in [0.3, 0.4) is 0 Å². The van der Waals surface area contributed by atoms with Crippen molar-refractivity contribution in [1.29, 1.82) is 0 Å². The number of cyclic esters (lactones) is 1. The average molecular weight is 279 g/mol. The Morgan fingerprint density at radius 1 is 1.42 bits per heavy atom. The summed E-state index contributed by atoms with van der Waals surface area (Å²) in [5.74, 6) is -0.0255. The number of esters is 1. The average Bonchev–Trinajstić information content (AvgIpc) is 2.69. The molecule has 1 fully saturated rings. The molecule has 0 unspecified atom stereocenters. The van der Waals surface area contributed by atoms with Crippen LogP contribution < -0.4 is 5.73 Å². The van der Waals surface area contributed by atoms with Crippen molar-refractivity contribution < 1.29 is 29.3 Å². The zero-order chi connectivity index (χ0) is 15.5. The van der Waals surface area contributed by atoms with E-state index in [1.165, 1.54) is 0 Å². The Hall–Kier alpha value is -1.60. The van der Waals surface area contributed by atoms with Gasteiger partial charge in [0.15, 0.2) is 0 Å². The number of carbonyl (C=O) groups is 2. The molecule has 0 amide bonds. The van der Waals surface area contributed by atoms with Gasteiger partial charge in [0.25, 0.3) is 0 Å². The summed E-state index contributed by atoms with van der Waals surface area (Å²) in [6.45, 7) is 7.11. The number of ether oxygens (including phenoxy) is 2. The van der Waals surface area contributed by atoms with Gasteiger partial charge in [-0.3, -0.25) is 4.79 Å². The first-order chi connectivity index (χ1) is 9.08. The highest BCUT2D eigenvalue weighted by Gasteiger charge is 2.05. The van der Waals surface area contributed by atoms with Crippen LogP contribution in [0.4, 0.5) is 4.79 Å². The molecule has 19 heavy (non-hydrogen) atoms. The minimum absolute atomic E-state index is 0.0255. The van der Waals surface area contributed by atoms with E-state index in [9.17, 15) is 4.79 Å². The summed E-state index contributed by atoms with van der Waals surface area (Å²) in [5, 5.41) is 15.2. The normalized spacial score (nSPS) is 12.7. The van der Waals surface area contributed by atoms with Gasteiger partial charge >= 0.3 is 12.1 Å². The van der Waals surface area contributed by atoms with Crippen LogP contribution in [-0.4, -0.2) is 49.2 Å². The van der Waals surface area contributed by atoms with Crippen molar-refractivity contribution in [3.8, 4) is 0 Å². The number of methoxy groups -OCH3 is 1. The third kappa shape index (κ3) is 31.4. The predicted octanol–water partition coefficient (Wildman–Crippen LogP) is 1.15. The largest absolute Gasteiger partial charge is 0.505 e. The lowest BCUT2D eigenvalue weighted by molar-refractivity contribution is -0.142. The van der Waals surface area contributed by atoms with Gasteiger partial charge in [-0.25, -0.2) is 4.79 Å². The van der Waals surface area contributed by atoms with Gasteiger partial charge in [0, 0.05) is 13.0 Å². The molecule has 0 aromatic carbocycles. The maximum atomic E-state index is 10.5. The number of nitrogens with two attached hydrogens (primary N) is 1. The van der Waals surface area contributed by atoms with Crippen molar-refractivity contribution in [3.05, 3.63) is 13.2 Å². The highest BCUT2D eigenvalue weighted by atomic mass is 16.6. The number of aliphatic hydroxyl groups excluding tert-OH is 1. The second-order valence-corrected chi connectivity index (χ2v) is 3.01. The number of hydrogen-bond acceptors (Lipinski definition) is 6. The van der Waals surface area contributed by atoms with Crippen molar-refractivity contribution in [3.63, 3.8) is 0 Å². The van der Waals surface area contributed by atoms with Gasteiger partial charge in [0.2, 0.25) is 0 Å². The highest BCUT2D eigenvalue weighted by Crippen LogP contribution is 2.06. The molecule has 1 heterocycles. The summed E-state index contributed by atoms with van der Waals surface area (Å²) < 4.78 is 8.43. The minimum atomic E-state index is -1.25. The zero-order valence-electron chi connectivity index (χ0n) is 11.5. The molecule has 0 radical (unpaired) electrons. The monoisotopic (exact) mass is 279 g/mol. The van der Waals surface area contributed by atoms with E-state index < -0.39 is 6.16 Å². The van der Waals surface area contributed by atoms with Crippen LogP contribution in [0.5, 0.6) is 0 Å². The molecule has 1 aliphatic rings. The van der Waals surface area contributed by atoms with Crippen LogP contribution in [0.1, 0.15) is 25.7 Å². The quantitative estimate of drug-likeness (QED) is 0.486. The van der Waals surface area contributed by atoms with Crippen LogP contribution in [0, 0.1) is 0 Å². The maximum Gasteiger partial charge on any atom is 0.505 e. The second kappa shape index (κ2) is 21.7. The lowest BCUT2D eigenvalue weighted by Gasteiger charge is -1.93. The standard InChI is InChI=1S/C6H10O2.C2H7NO.C2H4O3.C2H4/c7-6-4-2-1-3-5-8-6;3-1-2-4;1-5-2(3)4;1-2/h1-5H2;4H,1-3H2;1H3,(H,3,4);1-2H2. The Morgan fingerprint density at radius 2 is 1.89 bits per heavy atom. The molecular weight excluding hydrogens is 254 g/mol. The molecule has 1 rings (SSSR count). The van der Waals surface area contributed by atoms with E-state index in [1.54, 1.807) is 0 Å². The van der Waals surface area contributed by atoms with Crippen molar-refractivity contribution in [2.45, 2.75) is 25.7 Å². The van der Waals surface area contributed by atoms with Gasteiger partial charge in [-0.05, 0) is 19.3 Å². The number of aliphatic hydroxyl groups is 1. The fraction of sp³-hybridized carbons (Fsp3) is 0.667. The van der Waals surface area contributed by atoms with Crippen molar-refractivity contribution in [2.24, 2.45) is 5.73 Å². The Morgan fingerprint density at radius 3 is 2.26 bits per heavy atom. The number of carbonyl (C=O) groups excluding carboxylic acids is 1. The molecule has 4 N–H and O–H groups in total. The number of hydrogen-bond donors (Lipinski definition) is 3. The molecule has 7 nitrogen and oxygen atoms in total. The SMILES string of the molecule is C=C.COC(=O)O.NCCO.O=C1CCCCCO1. The molecule has 0 atom stereocenters. The molecular formula is C12H25NO6. The van der Waals surface area contributed by atoms with Crippen LogP contribution in [-0.2, 0) is 14.3 Å². The van der Waals surface area contributed by atoms with Gasteiger partial charge in [-0.15, -0.1) is 13.2 Å². The first kappa shape index (κ1) is 22.6. The molecule has 0 bridgehead atoms. The lowest BCUT2D eigenvalue weighted by atomic mass is 10.2. The molecule has 7 heteroatoms. The third-order valence-electron chi connectivity index (χ3n) is 1.59. The fourth-order valence-corrected chi connectivity index (χ4v) is 0.806. The summed E-state index contributed by atoms with van der Waals surface area (Å²) in [6.07, 6.45) is 2.58. The van der Waals surface area contributed by atoms with Gasteiger partial charge in [-0.2, -0.15) is 0 Å². The molecule has 114 valence electrons. The lowest BCUT2D eigenvalue weighted by Crippen LogP contribution is -2.02. The van der Waals surface area contributed by atoms with E-state index in [2.05, 4.69) is 17.9 Å². The Balaban J connectivity index is -0.000000203. The van der Waals surface area contributed by atoms with E-state index in [4.69, 9.17) is 25.5 Å². The van der Waals surface area contributed by atoms with Crippen LogP contribution >= 0.6 is 0 Å². The van der Waals surface area contributed by atoms with E-state index in [-0.39, 0.29) is 12.6 Å². The summed E-state index contributed by atoms with van der Waals surface area (Å²) in [5.41, 5.74) is 4.78. The number of rotatable bonds is 1. The first-order valence-electron chi connectivity index (χ1n) is 5.82.